The van der Waals surface area contributed by atoms with Crippen LogP contribution in [0.2, 0.25) is 0 Å². The number of nitrogens with zero attached hydrogens (tertiary/aromatic N) is 4. The van der Waals surface area contributed by atoms with Crippen molar-refractivity contribution in [3.05, 3.63) is 35.8 Å². The third-order valence-electron chi connectivity index (χ3n) is 2.45. The van der Waals surface area contributed by atoms with E-state index in [9.17, 15) is 0 Å². The van der Waals surface area contributed by atoms with Crippen LogP contribution < -0.4 is 11.1 Å². The topological polar surface area (TPSA) is 81.7 Å². The molecule has 2 rings (SSSR count). The fourth-order valence-electron chi connectivity index (χ4n) is 1.59. The van der Waals surface area contributed by atoms with Crippen LogP contribution in [0.15, 0.2) is 24.7 Å². The van der Waals surface area contributed by atoms with Gasteiger partial charge in [0.05, 0.1) is 18.0 Å². The number of aromatic nitrogens is 4. The third-order valence-corrected chi connectivity index (χ3v) is 2.67. The molecule has 0 saturated heterocycles. The number of aryl methyl sites for hydroxylation is 1. The van der Waals surface area contributed by atoms with E-state index in [1.54, 1.807) is 16.9 Å². The van der Waals surface area contributed by atoms with E-state index in [1.807, 2.05) is 19.4 Å². The molecule has 0 saturated carbocycles. The maximum absolute atomic E-state index is 5.61. The van der Waals surface area contributed by atoms with E-state index in [4.69, 9.17) is 18.0 Å². The van der Waals surface area contributed by atoms with E-state index in [0.29, 0.717) is 16.4 Å². The van der Waals surface area contributed by atoms with E-state index in [0.717, 1.165) is 18.5 Å². The first-order valence-corrected chi connectivity index (χ1v) is 5.90. The van der Waals surface area contributed by atoms with Crippen LogP contribution in [-0.4, -0.2) is 31.5 Å². The second-order valence-corrected chi connectivity index (χ2v) is 4.30. The molecule has 0 aliphatic rings. The molecule has 2 aromatic rings. The number of thiocarbonyl (C=S) groups is 1. The Kier molecular flexibility index (Phi) is 3.83. The average molecular weight is 262 g/mol. The Morgan fingerprint density at radius 1 is 1.56 bits per heavy atom. The van der Waals surface area contributed by atoms with Gasteiger partial charge in [-0.25, -0.2) is 0 Å². The summed E-state index contributed by atoms with van der Waals surface area (Å²) < 4.78 is 1.78. The van der Waals surface area contributed by atoms with Gasteiger partial charge in [-0.15, -0.1) is 5.10 Å². The molecule has 0 fully saturated rings. The Balaban J connectivity index is 1.96. The molecule has 0 spiro atoms. The van der Waals surface area contributed by atoms with Gasteiger partial charge in [-0.2, -0.15) is 10.2 Å². The zero-order valence-electron chi connectivity index (χ0n) is 10.00. The van der Waals surface area contributed by atoms with Gasteiger partial charge in [0.25, 0.3) is 0 Å². The molecule has 94 valence electrons. The lowest BCUT2D eigenvalue weighted by Gasteiger charge is -2.07. The van der Waals surface area contributed by atoms with Crippen LogP contribution in [0.5, 0.6) is 0 Å². The molecule has 0 radical (unpaired) electrons. The number of hydrogen-bond donors (Lipinski definition) is 2. The van der Waals surface area contributed by atoms with Crippen molar-refractivity contribution in [2.75, 3.05) is 11.9 Å². The summed E-state index contributed by atoms with van der Waals surface area (Å²) in [5, 5.41) is 15.1. The van der Waals surface area contributed by atoms with Gasteiger partial charge in [-0.3, -0.25) is 4.68 Å². The minimum atomic E-state index is 0.314. The van der Waals surface area contributed by atoms with E-state index < -0.39 is 0 Å². The molecule has 0 aliphatic carbocycles. The second kappa shape index (κ2) is 5.54. The van der Waals surface area contributed by atoms with E-state index in [-0.39, 0.29) is 0 Å². The van der Waals surface area contributed by atoms with E-state index in [1.165, 1.54) is 0 Å². The quantitative estimate of drug-likeness (QED) is 0.764. The fraction of sp³-hybridized carbons (Fsp3) is 0.273. The van der Waals surface area contributed by atoms with Crippen LogP contribution >= 0.6 is 12.2 Å². The van der Waals surface area contributed by atoms with Crippen molar-refractivity contribution in [3.8, 4) is 0 Å². The molecule has 18 heavy (non-hydrogen) atoms. The number of hydrogen-bond acceptors (Lipinski definition) is 5. The van der Waals surface area contributed by atoms with Crippen LogP contribution in [0.4, 0.5) is 5.82 Å². The summed E-state index contributed by atoms with van der Waals surface area (Å²) in [6.45, 7) is 0.722. The van der Waals surface area contributed by atoms with Crippen molar-refractivity contribution in [2.24, 2.45) is 12.8 Å². The average Bonchev–Trinajstić information content (AvgIpc) is 2.75. The summed E-state index contributed by atoms with van der Waals surface area (Å²) in [6, 6.07) is 1.75. The Labute approximate surface area is 110 Å². The zero-order valence-corrected chi connectivity index (χ0v) is 10.8. The van der Waals surface area contributed by atoms with Gasteiger partial charge in [0, 0.05) is 19.8 Å². The zero-order chi connectivity index (χ0) is 13.0. The molecule has 0 amide bonds. The highest BCUT2D eigenvalue weighted by molar-refractivity contribution is 7.80. The smallest absolute Gasteiger partial charge is 0.158 e. The van der Waals surface area contributed by atoms with Crippen molar-refractivity contribution in [1.29, 1.82) is 0 Å². The van der Waals surface area contributed by atoms with E-state index in [2.05, 4.69) is 20.6 Å². The summed E-state index contributed by atoms with van der Waals surface area (Å²) in [5.41, 5.74) is 7.48. The van der Waals surface area contributed by atoms with Gasteiger partial charge in [-0.1, -0.05) is 12.2 Å². The summed E-state index contributed by atoms with van der Waals surface area (Å²) in [4.78, 5) is 0.314. The molecule has 0 unspecified atom stereocenters. The van der Waals surface area contributed by atoms with Crippen LogP contribution in [0.1, 0.15) is 11.1 Å². The molecule has 2 heterocycles. The summed E-state index contributed by atoms with van der Waals surface area (Å²) in [7, 11) is 1.89. The Hall–Kier alpha value is -2.02. The lowest BCUT2D eigenvalue weighted by molar-refractivity contribution is 0.766. The number of rotatable bonds is 5. The lowest BCUT2D eigenvalue weighted by Crippen LogP contribution is -2.16. The summed E-state index contributed by atoms with van der Waals surface area (Å²) >= 11 is 4.95. The second-order valence-electron chi connectivity index (χ2n) is 3.86. The highest BCUT2D eigenvalue weighted by atomic mass is 32.1. The number of anilines is 1. The Morgan fingerprint density at radius 3 is 3.06 bits per heavy atom. The highest BCUT2D eigenvalue weighted by Gasteiger charge is 2.06. The third kappa shape index (κ3) is 3.01. The molecular formula is C11H14N6S. The van der Waals surface area contributed by atoms with Gasteiger partial charge in [0.1, 0.15) is 4.99 Å². The molecule has 3 N–H and O–H groups in total. The first kappa shape index (κ1) is 12.4. The van der Waals surface area contributed by atoms with Gasteiger partial charge in [0.15, 0.2) is 5.82 Å². The molecule has 0 bridgehead atoms. The highest BCUT2D eigenvalue weighted by Crippen LogP contribution is 2.09. The molecule has 0 atom stereocenters. The molecule has 7 heteroatoms. The molecule has 0 aromatic carbocycles. The Bertz CT molecular complexity index is 550. The van der Waals surface area contributed by atoms with Crippen molar-refractivity contribution in [2.45, 2.75) is 6.42 Å². The predicted octanol–water partition coefficient (Wildman–Crippen LogP) is 0.499. The minimum Gasteiger partial charge on any atom is -0.389 e. The van der Waals surface area contributed by atoms with Crippen LogP contribution in [0.3, 0.4) is 0 Å². The first-order valence-electron chi connectivity index (χ1n) is 5.49. The SMILES string of the molecule is Cn1cc(CCNc2nnccc2C(N)=S)cn1. The fourth-order valence-corrected chi connectivity index (χ4v) is 1.75. The van der Waals surface area contributed by atoms with Crippen LogP contribution in [-0.2, 0) is 13.5 Å². The summed E-state index contributed by atoms with van der Waals surface area (Å²) in [5.74, 6) is 0.619. The maximum Gasteiger partial charge on any atom is 0.158 e. The molecule has 6 nitrogen and oxygen atoms in total. The predicted molar refractivity (Wildman–Crippen MR) is 73.3 cm³/mol. The lowest BCUT2D eigenvalue weighted by atomic mass is 10.2. The monoisotopic (exact) mass is 262 g/mol. The van der Waals surface area contributed by atoms with E-state index >= 15 is 0 Å². The van der Waals surface area contributed by atoms with Gasteiger partial charge in [-0.05, 0) is 18.1 Å². The van der Waals surface area contributed by atoms with Gasteiger partial charge in [0.2, 0.25) is 0 Å². The molecule has 2 aromatic heterocycles. The van der Waals surface area contributed by atoms with Crippen molar-refractivity contribution in [1.82, 2.24) is 20.0 Å². The largest absolute Gasteiger partial charge is 0.389 e. The van der Waals surface area contributed by atoms with Gasteiger partial charge < -0.3 is 11.1 Å². The number of nitrogens with two attached hydrogens (primary N) is 1. The molecular weight excluding hydrogens is 248 g/mol. The minimum absolute atomic E-state index is 0.314. The van der Waals surface area contributed by atoms with Crippen molar-refractivity contribution in [3.63, 3.8) is 0 Å². The summed E-state index contributed by atoms with van der Waals surface area (Å²) in [6.07, 6.45) is 6.24. The standard InChI is InChI=1S/C11H14N6S/c1-17-7-8(6-15-17)2-4-13-11-9(10(12)18)3-5-14-16-11/h3,5-7H,2,4H2,1H3,(H2,12,18)(H,13,16). The van der Waals surface area contributed by atoms with Gasteiger partial charge >= 0.3 is 0 Å². The van der Waals surface area contributed by atoms with Crippen molar-refractivity contribution < 1.29 is 0 Å². The van der Waals surface area contributed by atoms with Crippen LogP contribution in [0, 0.1) is 0 Å². The van der Waals surface area contributed by atoms with Crippen LogP contribution in [0.25, 0.3) is 0 Å². The normalized spacial score (nSPS) is 10.3. The Morgan fingerprint density at radius 2 is 2.39 bits per heavy atom. The maximum atomic E-state index is 5.61. The molecule has 0 aliphatic heterocycles. The first-order chi connectivity index (χ1) is 8.66. The number of nitrogens with one attached hydrogen (secondary N) is 1. The van der Waals surface area contributed by atoms with Crippen molar-refractivity contribution >= 4 is 23.0 Å².